The monoisotopic (exact) mass is 191 g/mol. The van der Waals surface area contributed by atoms with Crippen LogP contribution in [0.4, 0.5) is 0 Å². The van der Waals surface area contributed by atoms with Crippen molar-refractivity contribution in [2.24, 2.45) is 29.4 Å². The van der Waals surface area contributed by atoms with Crippen LogP contribution in [0.2, 0.25) is 0 Å². The van der Waals surface area contributed by atoms with Gasteiger partial charge in [-0.25, -0.2) is 0 Å². The summed E-state index contributed by atoms with van der Waals surface area (Å²) in [5.41, 5.74) is 8.19. The molecule has 0 heterocycles. The maximum absolute atomic E-state index is 6.41. The first-order valence-electron chi connectivity index (χ1n) is 6.13. The fourth-order valence-corrected chi connectivity index (χ4v) is 4.24. The number of allylic oxidation sites excluding steroid dienone is 1. The van der Waals surface area contributed by atoms with Crippen molar-refractivity contribution in [3.05, 3.63) is 12.2 Å². The largest absolute Gasteiger partial charge is 0.325 e. The van der Waals surface area contributed by atoms with Crippen molar-refractivity contribution < 1.29 is 0 Å². The topological polar surface area (TPSA) is 26.0 Å². The molecule has 1 heteroatoms. The molecule has 0 saturated heterocycles. The lowest BCUT2D eigenvalue weighted by molar-refractivity contribution is 0.0899. The number of fused-ring (bicyclic) bond motifs is 2. The van der Waals surface area contributed by atoms with Gasteiger partial charge in [-0.15, -0.1) is 0 Å². The normalized spacial score (nSPS) is 54.1. The second-order valence-corrected chi connectivity index (χ2v) is 5.72. The van der Waals surface area contributed by atoms with Gasteiger partial charge in [-0.1, -0.05) is 19.1 Å². The van der Waals surface area contributed by atoms with Crippen LogP contribution >= 0.6 is 0 Å². The van der Waals surface area contributed by atoms with Crippen LogP contribution < -0.4 is 5.73 Å². The number of rotatable bonds is 2. The summed E-state index contributed by atoms with van der Waals surface area (Å²) in [5.74, 6) is 3.41. The van der Waals surface area contributed by atoms with Gasteiger partial charge in [0.2, 0.25) is 0 Å². The summed E-state index contributed by atoms with van der Waals surface area (Å²) < 4.78 is 0. The van der Waals surface area contributed by atoms with Crippen molar-refractivity contribution in [3.8, 4) is 0 Å². The molecule has 5 unspecified atom stereocenters. The molecule has 1 nitrogen and oxygen atoms in total. The Morgan fingerprint density at radius 1 is 1.50 bits per heavy atom. The van der Waals surface area contributed by atoms with Gasteiger partial charge in [0, 0.05) is 5.54 Å². The lowest BCUT2D eigenvalue weighted by Gasteiger charge is -2.46. The standard InChI is InChI=1S/C13H21N/c1-3-8(2)11-6-9-4-5-10(11)12-7-13(9,12)14/h9-12H,2-7,14H2,1H3. The zero-order valence-electron chi connectivity index (χ0n) is 9.13. The molecular weight excluding hydrogens is 170 g/mol. The lowest BCUT2D eigenvalue weighted by atomic mass is 9.60. The average Bonchev–Trinajstić information content (AvgIpc) is 2.92. The molecule has 78 valence electrons. The molecule has 14 heavy (non-hydrogen) atoms. The third-order valence-corrected chi connectivity index (χ3v) is 5.26. The third-order valence-electron chi connectivity index (χ3n) is 5.26. The Hall–Kier alpha value is -0.300. The first kappa shape index (κ1) is 8.96. The maximum atomic E-state index is 6.41. The summed E-state index contributed by atoms with van der Waals surface area (Å²) in [6.07, 6.45) is 6.65. The van der Waals surface area contributed by atoms with Crippen LogP contribution in [0.15, 0.2) is 12.2 Å². The van der Waals surface area contributed by atoms with Crippen LogP contribution in [0.25, 0.3) is 0 Å². The highest BCUT2D eigenvalue weighted by Crippen LogP contribution is 2.66. The van der Waals surface area contributed by atoms with Gasteiger partial charge < -0.3 is 5.73 Å². The predicted octanol–water partition coefficient (Wildman–Crippen LogP) is 2.72. The minimum Gasteiger partial charge on any atom is -0.325 e. The SMILES string of the molecule is C=C(CC)C1CC2CCC1C1CC21N. The minimum absolute atomic E-state index is 0.285. The molecule has 4 saturated carbocycles. The van der Waals surface area contributed by atoms with Crippen molar-refractivity contribution in [2.45, 2.75) is 44.6 Å². The van der Waals surface area contributed by atoms with Crippen molar-refractivity contribution >= 4 is 0 Å². The highest BCUT2D eigenvalue weighted by molar-refractivity contribution is 5.24. The number of nitrogens with two attached hydrogens (primary N) is 1. The van der Waals surface area contributed by atoms with E-state index in [0.717, 1.165) is 30.1 Å². The van der Waals surface area contributed by atoms with E-state index in [9.17, 15) is 0 Å². The van der Waals surface area contributed by atoms with Crippen LogP contribution in [-0.2, 0) is 0 Å². The van der Waals surface area contributed by atoms with Gasteiger partial charge in [0.25, 0.3) is 0 Å². The van der Waals surface area contributed by atoms with Crippen LogP contribution in [0.3, 0.4) is 0 Å². The molecule has 4 rings (SSSR count). The van der Waals surface area contributed by atoms with Crippen molar-refractivity contribution in [2.75, 3.05) is 0 Å². The highest BCUT2D eigenvalue weighted by Gasteiger charge is 2.66. The van der Waals surface area contributed by atoms with E-state index in [-0.39, 0.29) is 5.54 Å². The first-order valence-corrected chi connectivity index (χ1v) is 6.13. The van der Waals surface area contributed by atoms with E-state index in [2.05, 4.69) is 13.5 Å². The molecule has 0 amide bonds. The average molecular weight is 191 g/mol. The zero-order chi connectivity index (χ0) is 9.92. The van der Waals surface area contributed by atoms with E-state index in [1.54, 1.807) is 0 Å². The summed E-state index contributed by atoms with van der Waals surface area (Å²) in [5, 5.41) is 0. The molecule has 4 fully saturated rings. The Balaban J connectivity index is 1.84. The Morgan fingerprint density at radius 2 is 2.29 bits per heavy atom. The predicted molar refractivity (Wildman–Crippen MR) is 58.8 cm³/mol. The van der Waals surface area contributed by atoms with Crippen molar-refractivity contribution in [1.82, 2.24) is 0 Å². The van der Waals surface area contributed by atoms with E-state index >= 15 is 0 Å². The fraction of sp³-hybridized carbons (Fsp3) is 0.846. The van der Waals surface area contributed by atoms with Crippen LogP contribution in [0, 0.1) is 23.7 Å². The smallest absolute Gasteiger partial charge is 0.0218 e. The van der Waals surface area contributed by atoms with Gasteiger partial charge >= 0.3 is 0 Å². The lowest BCUT2D eigenvalue weighted by Crippen LogP contribution is -2.48. The minimum atomic E-state index is 0.285. The fourth-order valence-electron chi connectivity index (χ4n) is 4.24. The molecular formula is C13H21N. The Bertz CT molecular complexity index is 283. The molecule has 0 aliphatic heterocycles. The molecule has 4 aliphatic rings. The van der Waals surface area contributed by atoms with Gasteiger partial charge in [-0.2, -0.15) is 0 Å². The quantitative estimate of drug-likeness (QED) is 0.667. The van der Waals surface area contributed by atoms with Gasteiger partial charge in [-0.05, 0) is 55.8 Å². The van der Waals surface area contributed by atoms with E-state index < -0.39 is 0 Å². The Labute approximate surface area is 86.8 Å². The first-order chi connectivity index (χ1) is 6.66. The number of hydrogen-bond donors (Lipinski definition) is 1. The number of hydrogen-bond acceptors (Lipinski definition) is 1. The molecule has 4 aliphatic carbocycles. The highest BCUT2D eigenvalue weighted by atomic mass is 14.9. The molecule has 2 bridgehead atoms. The molecule has 2 N–H and O–H groups in total. The summed E-state index contributed by atoms with van der Waals surface area (Å²) >= 11 is 0. The van der Waals surface area contributed by atoms with E-state index in [4.69, 9.17) is 5.73 Å². The third kappa shape index (κ3) is 0.942. The molecule has 5 atom stereocenters. The molecule has 0 aromatic rings. The summed E-state index contributed by atoms with van der Waals surface area (Å²) in [7, 11) is 0. The molecule has 0 aromatic heterocycles. The summed E-state index contributed by atoms with van der Waals surface area (Å²) in [4.78, 5) is 0. The zero-order valence-corrected chi connectivity index (χ0v) is 9.13. The van der Waals surface area contributed by atoms with Gasteiger partial charge in [0.05, 0.1) is 0 Å². The van der Waals surface area contributed by atoms with Gasteiger partial charge in [-0.3, -0.25) is 0 Å². The van der Waals surface area contributed by atoms with Gasteiger partial charge in [0.15, 0.2) is 0 Å². The Kier molecular flexibility index (Phi) is 1.69. The molecule has 0 radical (unpaired) electrons. The second-order valence-electron chi connectivity index (χ2n) is 5.72. The summed E-state index contributed by atoms with van der Waals surface area (Å²) in [6.45, 7) is 6.49. The molecule has 0 aromatic carbocycles. The van der Waals surface area contributed by atoms with Crippen LogP contribution in [0.1, 0.15) is 39.0 Å². The maximum Gasteiger partial charge on any atom is 0.0218 e. The van der Waals surface area contributed by atoms with E-state index in [1.165, 1.54) is 31.3 Å². The van der Waals surface area contributed by atoms with Gasteiger partial charge in [0.1, 0.15) is 0 Å². The van der Waals surface area contributed by atoms with Crippen LogP contribution in [-0.4, -0.2) is 5.54 Å². The van der Waals surface area contributed by atoms with Crippen molar-refractivity contribution in [3.63, 3.8) is 0 Å². The van der Waals surface area contributed by atoms with E-state index in [0.29, 0.717) is 0 Å². The van der Waals surface area contributed by atoms with E-state index in [1.807, 2.05) is 0 Å². The second kappa shape index (κ2) is 2.63. The summed E-state index contributed by atoms with van der Waals surface area (Å²) in [6, 6.07) is 0. The van der Waals surface area contributed by atoms with Crippen molar-refractivity contribution in [1.29, 1.82) is 0 Å². The molecule has 0 spiro atoms. The Morgan fingerprint density at radius 3 is 2.93 bits per heavy atom. The van der Waals surface area contributed by atoms with Crippen LogP contribution in [0.5, 0.6) is 0 Å².